The lowest BCUT2D eigenvalue weighted by molar-refractivity contribution is 0.00309. The Bertz CT molecular complexity index is 538. The predicted molar refractivity (Wildman–Crippen MR) is 80.9 cm³/mol. The number of carbonyl (C=O) groups excluding carboxylic acids is 1. The van der Waals surface area contributed by atoms with Crippen LogP contribution in [0.4, 0.5) is 9.18 Å². The third-order valence-electron chi connectivity index (χ3n) is 4.40. The van der Waals surface area contributed by atoms with E-state index in [4.69, 9.17) is 5.11 Å². The van der Waals surface area contributed by atoms with E-state index in [9.17, 15) is 14.3 Å². The maximum atomic E-state index is 13.2. The van der Waals surface area contributed by atoms with Gasteiger partial charge in [-0.15, -0.1) is 0 Å². The molecule has 0 spiro atoms. The Morgan fingerprint density at radius 1 is 1.41 bits per heavy atom. The molecule has 1 aliphatic carbocycles. The summed E-state index contributed by atoms with van der Waals surface area (Å²) in [6.07, 6.45) is 3.34. The molecule has 0 aliphatic heterocycles. The van der Waals surface area contributed by atoms with E-state index < -0.39 is 17.7 Å². The number of phenolic OH excluding ortho intramolecular Hbond substituents is 1. The molecule has 2 atom stereocenters. The Hall–Kier alpha value is -1.82. The summed E-state index contributed by atoms with van der Waals surface area (Å²) in [6.45, 7) is 2.55. The van der Waals surface area contributed by atoms with Gasteiger partial charge in [-0.05, 0) is 30.5 Å². The lowest BCUT2D eigenvalue weighted by Gasteiger charge is -2.38. The minimum atomic E-state index is -0.711. The van der Waals surface area contributed by atoms with Crippen LogP contribution in [0.3, 0.4) is 0 Å². The molecular formula is C16H23FN2O3. The smallest absolute Gasteiger partial charge is 0.315 e. The van der Waals surface area contributed by atoms with E-state index in [0.717, 1.165) is 25.7 Å². The number of phenols is 1. The number of rotatable bonds is 4. The molecule has 2 unspecified atom stereocenters. The molecule has 22 heavy (non-hydrogen) atoms. The van der Waals surface area contributed by atoms with Gasteiger partial charge in [0.05, 0.1) is 6.10 Å². The van der Waals surface area contributed by atoms with Crippen LogP contribution < -0.4 is 10.6 Å². The molecule has 0 radical (unpaired) electrons. The van der Waals surface area contributed by atoms with Gasteiger partial charge in [0.2, 0.25) is 0 Å². The number of hydrogen-bond acceptors (Lipinski definition) is 3. The molecule has 5 nitrogen and oxygen atoms in total. The monoisotopic (exact) mass is 310 g/mol. The summed E-state index contributed by atoms with van der Waals surface area (Å²) >= 11 is 0. The van der Waals surface area contributed by atoms with Gasteiger partial charge < -0.3 is 20.8 Å². The fourth-order valence-corrected chi connectivity index (χ4v) is 2.78. The Kier molecular flexibility index (Phi) is 5.24. The van der Waals surface area contributed by atoms with Crippen molar-refractivity contribution in [2.75, 3.05) is 6.54 Å². The molecule has 4 N–H and O–H groups in total. The third kappa shape index (κ3) is 4.10. The molecule has 6 heteroatoms. The van der Waals surface area contributed by atoms with E-state index in [1.165, 1.54) is 12.1 Å². The van der Waals surface area contributed by atoms with Crippen molar-refractivity contribution in [3.05, 3.63) is 29.6 Å². The zero-order chi connectivity index (χ0) is 16.2. The van der Waals surface area contributed by atoms with Crippen molar-refractivity contribution >= 4 is 6.03 Å². The van der Waals surface area contributed by atoms with Crippen molar-refractivity contribution < 1.29 is 19.4 Å². The number of nitrogens with one attached hydrogen (secondary N) is 2. The molecule has 2 rings (SSSR count). The first-order chi connectivity index (χ1) is 10.4. The molecule has 2 amide bonds. The number of aromatic hydroxyl groups is 1. The van der Waals surface area contributed by atoms with Crippen molar-refractivity contribution in [3.8, 4) is 5.75 Å². The molecular weight excluding hydrogens is 287 g/mol. The fourth-order valence-electron chi connectivity index (χ4n) is 2.78. The summed E-state index contributed by atoms with van der Waals surface area (Å²) in [4.78, 5) is 11.8. The van der Waals surface area contributed by atoms with Gasteiger partial charge in [0.15, 0.2) is 11.6 Å². The molecule has 1 aromatic carbocycles. The summed E-state index contributed by atoms with van der Waals surface area (Å²) in [7, 11) is 0. The molecule has 1 fully saturated rings. The van der Waals surface area contributed by atoms with Gasteiger partial charge in [0, 0.05) is 18.5 Å². The van der Waals surface area contributed by atoms with Gasteiger partial charge in [-0.25, -0.2) is 9.18 Å². The van der Waals surface area contributed by atoms with Crippen LogP contribution in [0.2, 0.25) is 0 Å². The van der Waals surface area contributed by atoms with E-state index in [-0.39, 0.29) is 18.0 Å². The van der Waals surface area contributed by atoms with Crippen LogP contribution in [0.5, 0.6) is 5.75 Å². The lowest BCUT2D eigenvalue weighted by Crippen LogP contribution is -2.47. The molecule has 1 aromatic rings. The maximum Gasteiger partial charge on any atom is 0.315 e. The van der Waals surface area contributed by atoms with Crippen molar-refractivity contribution in [3.63, 3.8) is 0 Å². The molecule has 0 bridgehead atoms. The number of benzene rings is 1. The minimum Gasteiger partial charge on any atom is -0.505 e. The number of halogens is 1. The molecule has 0 heterocycles. The van der Waals surface area contributed by atoms with Crippen molar-refractivity contribution in [1.82, 2.24) is 10.6 Å². The van der Waals surface area contributed by atoms with Crippen molar-refractivity contribution in [2.45, 2.75) is 45.3 Å². The number of hydrogen-bond donors (Lipinski definition) is 4. The van der Waals surface area contributed by atoms with E-state index in [1.807, 2.05) is 6.92 Å². The Balaban J connectivity index is 1.79. The molecule has 0 saturated heterocycles. The standard InChI is InChI=1S/C16H23FN2O3/c1-16(7-3-2-4-14(16)21)10-19-15(22)18-9-11-5-6-13(20)12(17)8-11/h5-6,8,14,20-21H,2-4,7,9-10H2,1H3,(H2,18,19,22). The first-order valence-electron chi connectivity index (χ1n) is 7.58. The number of carbonyl (C=O) groups is 1. The maximum absolute atomic E-state index is 13.2. The number of amides is 2. The number of aliphatic hydroxyl groups excluding tert-OH is 1. The Morgan fingerprint density at radius 3 is 2.86 bits per heavy atom. The summed E-state index contributed by atoms with van der Waals surface area (Å²) < 4.78 is 13.2. The van der Waals surface area contributed by atoms with Gasteiger partial charge in [-0.3, -0.25) is 0 Å². The van der Waals surface area contributed by atoms with Gasteiger partial charge in [-0.2, -0.15) is 0 Å². The van der Waals surface area contributed by atoms with E-state index in [0.29, 0.717) is 12.1 Å². The topological polar surface area (TPSA) is 81.6 Å². The van der Waals surface area contributed by atoms with Crippen LogP contribution >= 0.6 is 0 Å². The molecule has 1 saturated carbocycles. The zero-order valence-electron chi connectivity index (χ0n) is 12.7. The largest absolute Gasteiger partial charge is 0.505 e. The zero-order valence-corrected chi connectivity index (χ0v) is 12.7. The second-order valence-electron chi connectivity index (χ2n) is 6.24. The van der Waals surface area contributed by atoms with Crippen LogP contribution in [0.25, 0.3) is 0 Å². The average Bonchev–Trinajstić information content (AvgIpc) is 2.50. The molecule has 0 aromatic heterocycles. The van der Waals surface area contributed by atoms with Gasteiger partial charge in [0.25, 0.3) is 0 Å². The summed E-state index contributed by atoms with van der Waals surface area (Å²) in [5.74, 6) is -1.12. The summed E-state index contributed by atoms with van der Waals surface area (Å²) in [5, 5.41) is 24.6. The Labute approximate surface area is 129 Å². The lowest BCUT2D eigenvalue weighted by atomic mass is 9.73. The number of aliphatic hydroxyl groups is 1. The van der Waals surface area contributed by atoms with Crippen LogP contribution in [0.15, 0.2) is 18.2 Å². The highest BCUT2D eigenvalue weighted by Gasteiger charge is 2.35. The first-order valence-corrected chi connectivity index (χ1v) is 7.58. The highest BCUT2D eigenvalue weighted by atomic mass is 19.1. The van der Waals surface area contributed by atoms with E-state index >= 15 is 0 Å². The molecule has 122 valence electrons. The van der Waals surface area contributed by atoms with Gasteiger partial charge in [0.1, 0.15) is 0 Å². The predicted octanol–water partition coefficient (Wildman–Crippen LogP) is 2.27. The third-order valence-corrected chi connectivity index (χ3v) is 4.40. The second-order valence-corrected chi connectivity index (χ2v) is 6.24. The summed E-state index contributed by atoms with van der Waals surface area (Å²) in [5.41, 5.74) is 0.273. The fraction of sp³-hybridized carbons (Fsp3) is 0.562. The van der Waals surface area contributed by atoms with Crippen LogP contribution in [0, 0.1) is 11.2 Å². The second kappa shape index (κ2) is 6.96. The van der Waals surface area contributed by atoms with Gasteiger partial charge >= 0.3 is 6.03 Å². The van der Waals surface area contributed by atoms with Crippen molar-refractivity contribution in [1.29, 1.82) is 0 Å². The first kappa shape index (κ1) is 16.5. The number of urea groups is 1. The van der Waals surface area contributed by atoms with Crippen molar-refractivity contribution in [2.24, 2.45) is 5.41 Å². The van der Waals surface area contributed by atoms with Gasteiger partial charge in [-0.1, -0.05) is 25.8 Å². The normalized spacial score (nSPS) is 24.8. The van der Waals surface area contributed by atoms with Crippen LogP contribution in [-0.2, 0) is 6.54 Å². The highest BCUT2D eigenvalue weighted by Crippen LogP contribution is 2.35. The van der Waals surface area contributed by atoms with Crippen LogP contribution in [-0.4, -0.2) is 28.9 Å². The van der Waals surface area contributed by atoms with E-state index in [1.54, 1.807) is 6.07 Å². The highest BCUT2D eigenvalue weighted by molar-refractivity contribution is 5.73. The summed E-state index contributed by atoms with van der Waals surface area (Å²) in [6, 6.07) is 3.63. The van der Waals surface area contributed by atoms with Crippen LogP contribution in [0.1, 0.15) is 38.2 Å². The Morgan fingerprint density at radius 2 is 2.18 bits per heavy atom. The van der Waals surface area contributed by atoms with E-state index in [2.05, 4.69) is 10.6 Å². The quantitative estimate of drug-likeness (QED) is 0.688. The molecule has 1 aliphatic rings. The SMILES string of the molecule is CC1(CNC(=O)NCc2ccc(O)c(F)c2)CCCCC1O. The minimum absolute atomic E-state index is 0.169. The average molecular weight is 310 g/mol.